The number of anilines is 1. The molecule has 0 aliphatic heterocycles. The van der Waals surface area contributed by atoms with Crippen LogP contribution in [-0.4, -0.2) is 20.6 Å². The largest absolute Gasteiger partial charge is 0.380 e. The number of aliphatic hydroxyl groups is 1. The van der Waals surface area contributed by atoms with E-state index in [9.17, 15) is 15.2 Å². The van der Waals surface area contributed by atoms with E-state index in [1.54, 1.807) is 17.0 Å². The smallest absolute Gasteiger partial charge is 0.244 e. The molecule has 1 aliphatic rings. The van der Waals surface area contributed by atoms with Gasteiger partial charge in [-0.15, -0.1) is 11.3 Å². The first-order valence-corrected chi connectivity index (χ1v) is 10.6. The molecule has 1 atom stereocenters. The van der Waals surface area contributed by atoms with Crippen molar-refractivity contribution in [3.8, 4) is 6.07 Å². The normalized spacial score (nSPS) is 14.5. The number of aliphatic hydroxyl groups excluding tert-OH is 1. The van der Waals surface area contributed by atoms with Gasteiger partial charge in [-0.3, -0.25) is 4.79 Å². The van der Waals surface area contributed by atoms with Crippen molar-refractivity contribution in [1.29, 1.82) is 5.26 Å². The Labute approximate surface area is 173 Å². The van der Waals surface area contributed by atoms with E-state index in [-0.39, 0.29) is 12.5 Å². The van der Waals surface area contributed by atoms with E-state index in [1.165, 1.54) is 22.6 Å². The van der Waals surface area contributed by atoms with Crippen LogP contribution in [0.1, 0.15) is 52.8 Å². The van der Waals surface area contributed by atoms with Crippen molar-refractivity contribution in [2.75, 3.05) is 5.32 Å². The number of fused-ring (bicyclic) bond motifs is 1. The number of amides is 1. The van der Waals surface area contributed by atoms with Crippen LogP contribution in [0.3, 0.4) is 0 Å². The molecule has 2 heterocycles. The second kappa shape index (κ2) is 8.60. The second-order valence-electron chi connectivity index (χ2n) is 7.16. The van der Waals surface area contributed by atoms with Gasteiger partial charge in [0.15, 0.2) is 0 Å². The van der Waals surface area contributed by atoms with Crippen molar-refractivity contribution in [1.82, 2.24) is 9.55 Å². The summed E-state index contributed by atoms with van der Waals surface area (Å²) in [6.07, 6.45) is 7.61. The quantitative estimate of drug-likeness (QED) is 0.631. The number of rotatable bonds is 5. The highest BCUT2D eigenvalue weighted by molar-refractivity contribution is 7.16. The van der Waals surface area contributed by atoms with Crippen LogP contribution in [0.25, 0.3) is 0 Å². The lowest BCUT2D eigenvalue weighted by atomic mass is 10.1. The monoisotopic (exact) mass is 406 g/mol. The molecule has 0 fully saturated rings. The predicted octanol–water partition coefficient (Wildman–Crippen LogP) is 3.81. The fourth-order valence-corrected chi connectivity index (χ4v) is 5.01. The summed E-state index contributed by atoms with van der Waals surface area (Å²) in [5, 5.41) is 23.8. The first kappa shape index (κ1) is 19.4. The fourth-order valence-electron chi connectivity index (χ4n) is 3.76. The number of nitrogens with one attached hydrogen (secondary N) is 1. The lowest BCUT2D eigenvalue weighted by Crippen LogP contribution is -2.21. The number of carbonyl (C=O) groups excluding carboxylic acids is 1. The maximum absolute atomic E-state index is 12.7. The zero-order chi connectivity index (χ0) is 20.2. The van der Waals surface area contributed by atoms with Gasteiger partial charge in [-0.1, -0.05) is 36.8 Å². The Morgan fingerprint density at radius 3 is 2.86 bits per heavy atom. The third kappa shape index (κ3) is 4.09. The highest BCUT2D eigenvalue weighted by Gasteiger charge is 2.22. The van der Waals surface area contributed by atoms with Gasteiger partial charge in [0, 0.05) is 17.3 Å². The van der Waals surface area contributed by atoms with Gasteiger partial charge in [0.2, 0.25) is 5.91 Å². The van der Waals surface area contributed by atoms with Crippen LogP contribution >= 0.6 is 11.3 Å². The molecule has 0 spiro atoms. The van der Waals surface area contributed by atoms with Crippen molar-refractivity contribution in [2.24, 2.45) is 0 Å². The Balaban J connectivity index is 1.51. The van der Waals surface area contributed by atoms with Crippen LogP contribution in [-0.2, 0) is 24.2 Å². The van der Waals surface area contributed by atoms with Gasteiger partial charge in [0.05, 0.1) is 5.56 Å². The van der Waals surface area contributed by atoms with Crippen molar-refractivity contribution >= 4 is 22.2 Å². The molecule has 6 nitrogen and oxygen atoms in total. The lowest BCUT2D eigenvalue weighted by molar-refractivity contribution is -0.116. The van der Waals surface area contributed by atoms with Crippen molar-refractivity contribution in [3.63, 3.8) is 0 Å². The van der Waals surface area contributed by atoms with Gasteiger partial charge < -0.3 is 15.0 Å². The topological polar surface area (TPSA) is 90.9 Å². The highest BCUT2D eigenvalue weighted by Crippen LogP contribution is 2.37. The Hall–Kier alpha value is -2.95. The molecule has 7 heteroatoms. The third-order valence-corrected chi connectivity index (χ3v) is 6.41. The van der Waals surface area contributed by atoms with Gasteiger partial charge >= 0.3 is 0 Å². The Kier molecular flexibility index (Phi) is 5.74. The summed E-state index contributed by atoms with van der Waals surface area (Å²) >= 11 is 1.52. The number of nitriles is 1. The Morgan fingerprint density at radius 2 is 2.07 bits per heavy atom. The average Bonchev–Trinajstić information content (AvgIpc) is 3.24. The number of hydrogen-bond donors (Lipinski definition) is 2. The number of imidazole rings is 1. The zero-order valence-electron chi connectivity index (χ0n) is 16.0. The second-order valence-corrected chi connectivity index (χ2v) is 8.26. The standard InChI is InChI=1S/C22H22N4O2S/c23-13-17-16-9-5-2-6-10-18(16)29-22(17)25-19(27)14-26-12-11-24-21(26)20(28)15-7-3-1-4-8-15/h1,3-4,7-8,11-12,20,28H,2,5-6,9-10,14H2,(H,25,27). The van der Waals surface area contributed by atoms with E-state index in [0.29, 0.717) is 22.0 Å². The SMILES string of the molecule is N#Cc1c(NC(=O)Cn2ccnc2C(O)c2ccccc2)sc2c1CCCCC2. The molecule has 29 heavy (non-hydrogen) atoms. The van der Waals surface area contributed by atoms with Crippen LogP contribution in [0.5, 0.6) is 0 Å². The molecular formula is C22H22N4O2S. The summed E-state index contributed by atoms with van der Waals surface area (Å²) in [6.45, 7) is 0.0205. The summed E-state index contributed by atoms with van der Waals surface area (Å²) in [5.74, 6) is 0.172. The molecule has 4 rings (SSSR count). The minimum Gasteiger partial charge on any atom is -0.380 e. The molecule has 2 aromatic heterocycles. The summed E-state index contributed by atoms with van der Waals surface area (Å²) in [5.41, 5.74) is 2.43. The summed E-state index contributed by atoms with van der Waals surface area (Å²) < 4.78 is 1.64. The van der Waals surface area contributed by atoms with E-state index in [2.05, 4.69) is 16.4 Å². The average molecular weight is 407 g/mol. The number of nitrogens with zero attached hydrogens (tertiary/aromatic N) is 3. The maximum Gasteiger partial charge on any atom is 0.244 e. The van der Waals surface area contributed by atoms with Crippen molar-refractivity contribution in [2.45, 2.75) is 44.8 Å². The number of aryl methyl sites for hydroxylation is 1. The van der Waals surface area contributed by atoms with Gasteiger partial charge in [-0.05, 0) is 36.8 Å². The predicted molar refractivity (Wildman–Crippen MR) is 112 cm³/mol. The van der Waals surface area contributed by atoms with E-state index >= 15 is 0 Å². The van der Waals surface area contributed by atoms with E-state index in [1.807, 2.05) is 30.3 Å². The van der Waals surface area contributed by atoms with E-state index < -0.39 is 6.10 Å². The summed E-state index contributed by atoms with van der Waals surface area (Å²) in [4.78, 5) is 18.1. The van der Waals surface area contributed by atoms with Gasteiger partial charge in [-0.25, -0.2) is 4.98 Å². The van der Waals surface area contributed by atoms with Gasteiger partial charge in [0.25, 0.3) is 0 Å². The molecule has 0 saturated carbocycles. The van der Waals surface area contributed by atoms with Crippen LogP contribution in [0.2, 0.25) is 0 Å². The highest BCUT2D eigenvalue weighted by atomic mass is 32.1. The van der Waals surface area contributed by atoms with Crippen LogP contribution in [0, 0.1) is 11.3 Å². The van der Waals surface area contributed by atoms with E-state index in [4.69, 9.17) is 0 Å². The first-order chi connectivity index (χ1) is 14.2. The number of hydrogen-bond acceptors (Lipinski definition) is 5. The molecule has 0 saturated heterocycles. The Morgan fingerprint density at radius 1 is 1.28 bits per heavy atom. The minimum absolute atomic E-state index is 0.0205. The number of aromatic nitrogens is 2. The number of carbonyl (C=O) groups is 1. The molecule has 1 aliphatic carbocycles. The zero-order valence-corrected chi connectivity index (χ0v) is 16.8. The van der Waals surface area contributed by atoms with Gasteiger partial charge in [-0.2, -0.15) is 5.26 Å². The minimum atomic E-state index is -0.911. The fraction of sp³-hybridized carbons (Fsp3) is 0.318. The maximum atomic E-state index is 12.7. The lowest BCUT2D eigenvalue weighted by Gasteiger charge is -2.13. The molecule has 1 aromatic carbocycles. The molecule has 0 bridgehead atoms. The molecule has 1 unspecified atom stereocenters. The molecule has 0 radical (unpaired) electrons. The van der Waals surface area contributed by atoms with Gasteiger partial charge in [0.1, 0.15) is 29.5 Å². The third-order valence-electron chi connectivity index (χ3n) is 5.21. The van der Waals surface area contributed by atoms with Crippen molar-refractivity contribution in [3.05, 3.63) is 70.1 Å². The molecular weight excluding hydrogens is 384 g/mol. The number of benzene rings is 1. The van der Waals surface area contributed by atoms with Crippen LogP contribution < -0.4 is 5.32 Å². The molecule has 3 aromatic rings. The summed E-state index contributed by atoms with van der Waals surface area (Å²) in [7, 11) is 0. The molecule has 148 valence electrons. The summed E-state index contributed by atoms with van der Waals surface area (Å²) in [6, 6.07) is 11.5. The number of thiophene rings is 1. The van der Waals surface area contributed by atoms with E-state index in [0.717, 1.165) is 31.2 Å². The van der Waals surface area contributed by atoms with Crippen LogP contribution in [0.4, 0.5) is 5.00 Å². The molecule has 1 amide bonds. The van der Waals surface area contributed by atoms with Crippen molar-refractivity contribution < 1.29 is 9.90 Å². The first-order valence-electron chi connectivity index (χ1n) is 9.76. The Bertz CT molecular complexity index is 1050. The van der Waals surface area contributed by atoms with Crippen LogP contribution in [0.15, 0.2) is 42.7 Å². The molecule has 2 N–H and O–H groups in total.